The van der Waals surface area contributed by atoms with Gasteiger partial charge in [0.05, 0.1) is 30.0 Å². The van der Waals surface area contributed by atoms with Crippen LogP contribution in [-0.4, -0.2) is 71.7 Å². The first-order chi connectivity index (χ1) is 13.7. The highest BCUT2D eigenvalue weighted by Gasteiger charge is 2.30. The highest BCUT2D eigenvalue weighted by Crippen LogP contribution is 2.30. The Morgan fingerprint density at radius 2 is 2.11 bits per heavy atom. The summed E-state index contributed by atoms with van der Waals surface area (Å²) < 4.78 is 6.08. The number of likely N-dealkylation sites (N-methyl/N-ethyl adjacent to an activating group) is 1. The van der Waals surface area contributed by atoms with Crippen LogP contribution in [0.3, 0.4) is 0 Å². The Morgan fingerprint density at radius 3 is 2.89 bits per heavy atom. The number of aliphatic hydroxyl groups is 1. The number of hydrogen-bond acceptors (Lipinski definition) is 5. The summed E-state index contributed by atoms with van der Waals surface area (Å²) in [6.45, 7) is 2.75. The third kappa shape index (κ3) is 3.90. The molecular weight excluding hydrogens is 354 g/mol. The van der Waals surface area contributed by atoms with Crippen molar-refractivity contribution in [3.8, 4) is 0 Å². The predicted octanol–water partition coefficient (Wildman–Crippen LogP) is 2.62. The van der Waals surface area contributed by atoms with Crippen LogP contribution >= 0.6 is 0 Å². The molecule has 0 spiro atoms. The Balaban J connectivity index is 1.66. The van der Waals surface area contributed by atoms with Gasteiger partial charge in [0.1, 0.15) is 6.10 Å². The number of ether oxygens (including phenoxy) is 1. The zero-order valence-electron chi connectivity index (χ0n) is 16.5. The summed E-state index contributed by atoms with van der Waals surface area (Å²) in [5.74, 6) is -0.0997. The van der Waals surface area contributed by atoms with Crippen molar-refractivity contribution in [3.63, 3.8) is 0 Å². The van der Waals surface area contributed by atoms with Gasteiger partial charge >= 0.3 is 0 Å². The number of morpholine rings is 1. The topological polar surface area (TPSA) is 65.9 Å². The number of fused-ring (bicyclic) bond motifs is 1. The van der Waals surface area contributed by atoms with Crippen LogP contribution in [0.1, 0.15) is 47.8 Å². The molecule has 1 atom stereocenters. The molecule has 1 saturated heterocycles. The van der Waals surface area contributed by atoms with Crippen LogP contribution < -0.4 is 0 Å². The van der Waals surface area contributed by atoms with E-state index in [2.05, 4.69) is 4.90 Å². The molecule has 1 aliphatic carbocycles. The first-order valence-electron chi connectivity index (χ1n) is 10.3. The molecule has 150 valence electrons. The number of pyridine rings is 1. The van der Waals surface area contributed by atoms with Crippen molar-refractivity contribution in [2.75, 3.05) is 39.9 Å². The zero-order valence-corrected chi connectivity index (χ0v) is 16.5. The van der Waals surface area contributed by atoms with Crippen LogP contribution in [0.5, 0.6) is 0 Å². The Labute approximate surface area is 166 Å². The molecule has 2 aliphatic rings. The van der Waals surface area contributed by atoms with Gasteiger partial charge in [-0.2, -0.15) is 0 Å². The number of para-hydroxylation sites is 1. The van der Waals surface area contributed by atoms with E-state index in [-0.39, 0.29) is 18.6 Å². The average Bonchev–Trinajstić information content (AvgIpc) is 3.28. The number of aliphatic hydroxyl groups excluding tert-OH is 1. The van der Waals surface area contributed by atoms with Gasteiger partial charge in [-0.05, 0) is 25.0 Å². The van der Waals surface area contributed by atoms with Crippen molar-refractivity contribution < 1.29 is 14.6 Å². The SMILES string of the molecule is CN(CCO)C(=O)c1cc([C@H]2CN(C3CCCC3)CCO2)nc2ccccc12. The highest BCUT2D eigenvalue weighted by atomic mass is 16.5. The summed E-state index contributed by atoms with van der Waals surface area (Å²) in [5.41, 5.74) is 2.25. The molecule has 28 heavy (non-hydrogen) atoms. The first-order valence-corrected chi connectivity index (χ1v) is 10.3. The lowest BCUT2D eigenvalue weighted by molar-refractivity contribution is -0.0458. The first kappa shape index (κ1) is 19.3. The normalized spacial score (nSPS) is 21.3. The van der Waals surface area contributed by atoms with E-state index in [0.717, 1.165) is 29.7 Å². The monoisotopic (exact) mass is 383 g/mol. The summed E-state index contributed by atoms with van der Waals surface area (Å²) >= 11 is 0. The Hall–Kier alpha value is -2.02. The fourth-order valence-electron chi connectivity index (χ4n) is 4.44. The van der Waals surface area contributed by atoms with Gasteiger partial charge in [-0.25, -0.2) is 4.98 Å². The second-order valence-corrected chi connectivity index (χ2v) is 7.85. The number of rotatable bonds is 5. The molecule has 2 heterocycles. The molecule has 1 amide bonds. The minimum atomic E-state index is -0.117. The molecule has 2 fully saturated rings. The molecule has 1 aromatic carbocycles. The molecule has 1 saturated carbocycles. The van der Waals surface area contributed by atoms with Gasteiger partial charge in [0.25, 0.3) is 5.91 Å². The quantitative estimate of drug-likeness (QED) is 0.860. The van der Waals surface area contributed by atoms with Crippen molar-refractivity contribution in [1.82, 2.24) is 14.8 Å². The van der Waals surface area contributed by atoms with E-state index in [1.165, 1.54) is 25.7 Å². The maximum absolute atomic E-state index is 13.0. The summed E-state index contributed by atoms with van der Waals surface area (Å²) in [5, 5.41) is 10.0. The fourth-order valence-corrected chi connectivity index (χ4v) is 4.44. The average molecular weight is 383 g/mol. The Morgan fingerprint density at radius 1 is 1.32 bits per heavy atom. The van der Waals surface area contributed by atoms with Gasteiger partial charge in [-0.15, -0.1) is 0 Å². The molecule has 0 unspecified atom stereocenters. The number of aromatic nitrogens is 1. The number of carbonyl (C=O) groups excluding carboxylic acids is 1. The van der Waals surface area contributed by atoms with Crippen molar-refractivity contribution >= 4 is 16.8 Å². The van der Waals surface area contributed by atoms with Crippen LogP contribution in [0.15, 0.2) is 30.3 Å². The second kappa shape index (κ2) is 8.55. The largest absolute Gasteiger partial charge is 0.395 e. The fraction of sp³-hybridized carbons (Fsp3) is 0.545. The minimum Gasteiger partial charge on any atom is -0.395 e. The van der Waals surface area contributed by atoms with E-state index >= 15 is 0 Å². The zero-order chi connectivity index (χ0) is 19.5. The van der Waals surface area contributed by atoms with E-state index < -0.39 is 0 Å². The van der Waals surface area contributed by atoms with Crippen LogP contribution in [0.4, 0.5) is 0 Å². The molecular formula is C22H29N3O3. The number of benzene rings is 1. The molecule has 4 rings (SSSR count). The van der Waals surface area contributed by atoms with Crippen molar-refractivity contribution in [1.29, 1.82) is 0 Å². The third-order valence-corrected chi connectivity index (χ3v) is 6.02. The molecule has 0 bridgehead atoms. The molecule has 2 aromatic rings. The Bertz CT molecular complexity index is 835. The number of amides is 1. The smallest absolute Gasteiger partial charge is 0.254 e. The van der Waals surface area contributed by atoms with Gasteiger partial charge in [0.15, 0.2) is 0 Å². The van der Waals surface area contributed by atoms with Crippen molar-refractivity contribution in [2.45, 2.75) is 37.8 Å². The predicted molar refractivity (Wildman–Crippen MR) is 108 cm³/mol. The van der Waals surface area contributed by atoms with Crippen molar-refractivity contribution in [2.24, 2.45) is 0 Å². The van der Waals surface area contributed by atoms with E-state index in [1.54, 1.807) is 11.9 Å². The number of nitrogens with zero attached hydrogens (tertiary/aromatic N) is 3. The molecule has 1 N–H and O–H groups in total. The highest BCUT2D eigenvalue weighted by molar-refractivity contribution is 6.06. The molecule has 1 aromatic heterocycles. The van der Waals surface area contributed by atoms with Gasteiger partial charge in [-0.1, -0.05) is 31.0 Å². The minimum absolute atomic E-state index is 0.0554. The maximum Gasteiger partial charge on any atom is 0.254 e. The summed E-state index contributed by atoms with van der Waals surface area (Å²) in [4.78, 5) is 21.9. The summed E-state index contributed by atoms with van der Waals surface area (Å²) in [6.07, 6.45) is 5.06. The standard InChI is InChI=1S/C22H29N3O3/c1-24(10-12-26)22(27)18-14-20(23-19-9-5-4-8-17(18)19)21-15-25(11-13-28-21)16-6-2-3-7-16/h4-5,8-9,14,16,21,26H,2-3,6-7,10-13,15H2,1H3/t21-/m1/s1. The Kier molecular flexibility index (Phi) is 5.90. The summed E-state index contributed by atoms with van der Waals surface area (Å²) in [7, 11) is 1.71. The lowest BCUT2D eigenvalue weighted by Crippen LogP contribution is -2.43. The lowest BCUT2D eigenvalue weighted by Gasteiger charge is -2.36. The van der Waals surface area contributed by atoms with Crippen LogP contribution in [0, 0.1) is 0 Å². The van der Waals surface area contributed by atoms with E-state index in [4.69, 9.17) is 9.72 Å². The molecule has 0 radical (unpaired) electrons. The van der Waals surface area contributed by atoms with Gasteiger partial charge in [-0.3, -0.25) is 9.69 Å². The third-order valence-electron chi connectivity index (χ3n) is 6.02. The van der Waals surface area contributed by atoms with E-state index in [0.29, 0.717) is 24.8 Å². The van der Waals surface area contributed by atoms with Gasteiger partial charge in [0.2, 0.25) is 0 Å². The molecule has 6 nitrogen and oxygen atoms in total. The van der Waals surface area contributed by atoms with Crippen LogP contribution in [-0.2, 0) is 4.74 Å². The lowest BCUT2D eigenvalue weighted by atomic mass is 10.0. The second-order valence-electron chi connectivity index (χ2n) is 7.85. The number of carbonyl (C=O) groups is 1. The van der Waals surface area contributed by atoms with E-state index in [9.17, 15) is 9.90 Å². The van der Waals surface area contributed by atoms with Gasteiger partial charge in [0, 0.05) is 38.1 Å². The van der Waals surface area contributed by atoms with Gasteiger partial charge < -0.3 is 14.7 Å². The van der Waals surface area contributed by atoms with Crippen LogP contribution in [0.25, 0.3) is 10.9 Å². The van der Waals surface area contributed by atoms with Crippen molar-refractivity contribution in [3.05, 3.63) is 41.6 Å². The number of hydrogen-bond donors (Lipinski definition) is 1. The van der Waals surface area contributed by atoms with Crippen LogP contribution in [0.2, 0.25) is 0 Å². The summed E-state index contributed by atoms with van der Waals surface area (Å²) in [6, 6.07) is 10.3. The van der Waals surface area contributed by atoms with E-state index in [1.807, 2.05) is 30.3 Å². The molecule has 1 aliphatic heterocycles. The maximum atomic E-state index is 13.0. The molecule has 6 heteroatoms.